The van der Waals surface area contributed by atoms with Crippen molar-refractivity contribution < 1.29 is 9.47 Å². The smallest absolute Gasteiger partial charge is 0.145 e. The van der Waals surface area contributed by atoms with Gasteiger partial charge in [0.1, 0.15) is 11.6 Å². The van der Waals surface area contributed by atoms with E-state index in [2.05, 4.69) is 93.1 Å². The molecule has 0 aromatic heterocycles. The average molecular weight is 518 g/mol. The van der Waals surface area contributed by atoms with Crippen LogP contribution >= 0.6 is 0 Å². The largest absolute Gasteiger partial charge is 0.489 e. The van der Waals surface area contributed by atoms with Crippen molar-refractivity contribution in [3.63, 3.8) is 0 Å². The maximum absolute atomic E-state index is 6.28. The molecule has 2 aliphatic rings. The molecule has 5 nitrogen and oxygen atoms in total. The van der Waals surface area contributed by atoms with Crippen LogP contribution in [0.5, 0.6) is 5.75 Å². The molecule has 0 unspecified atom stereocenters. The predicted octanol–water partition coefficient (Wildman–Crippen LogP) is 8.35. The Labute approximate surface area is 230 Å². The van der Waals surface area contributed by atoms with Crippen LogP contribution < -0.4 is 19.4 Å². The van der Waals surface area contributed by atoms with Crippen molar-refractivity contribution in [1.82, 2.24) is 0 Å². The molecular weight excluding hydrogens is 470 g/mol. The lowest BCUT2D eigenvalue weighted by atomic mass is 9.96. The van der Waals surface area contributed by atoms with Gasteiger partial charge < -0.3 is 24.2 Å². The molecule has 0 saturated carbocycles. The van der Waals surface area contributed by atoms with Crippen LogP contribution in [0, 0.1) is 0 Å². The number of unbranched alkanes of at least 4 members (excludes halogenated alkanes) is 4. The van der Waals surface area contributed by atoms with Gasteiger partial charge in [-0.05, 0) is 82.6 Å². The zero-order valence-corrected chi connectivity index (χ0v) is 24.3. The Balaban J connectivity index is 1.27. The number of fused-ring (bicyclic) bond motifs is 2. The van der Waals surface area contributed by atoms with Crippen LogP contribution in [-0.4, -0.2) is 33.4 Å². The van der Waals surface area contributed by atoms with Gasteiger partial charge in [0.15, 0.2) is 0 Å². The topological polar surface area (TPSA) is 28.2 Å². The maximum Gasteiger partial charge on any atom is 0.145 e. The molecule has 0 saturated heterocycles. The summed E-state index contributed by atoms with van der Waals surface area (Å²) in [4.78, 5) is 6.66. The van der Waals surface area contributed by atoms with E-state index < -0.39 is 0 Å². The highest BCUT2D eigenvalue weighted by molar-refractivity contribution is 5.90. The fraction of sp³-hybridized carbons (Fsp3) is 0.515. The van der Waals surface area contributed by atoms with Gasteiger partial charge >= 0.3 is 0 Å². The Morgan fingerprint density at radius 2 is 1.55 bits per heavy atom. The summed E-state index contributed by atoms with van der Waals surface area (Å²) in [6, 6.07) is 11.4. The van der Waals surface area contributed by atoms with Crippen LogP contribution in [0.15, 0.2) is 54.9 Å². The summed E-state index contributed by atoms with van der Waals surface area (Å²) in [5, 5.41) is 0. The van der Waals surface area contributed by atoms with E-state index in [1.165, 1.54) is 60.2 Å². The molecule has 38 heavy (non-hydrogen) atoms. The van der Waals surface area contributed by atoms with Crippen LogP contribution in [0.4, 0.5) is 22.7 Å². The van der Waals surface area contributed by atoms with Crippen molar-refractivity contribution in [2.24, 2.45) is 0 Å². The molecule has 0 radical (unpaired) electrons. The molecule has 0 atom stereocenters. The lowest BCUT2D eigenvalue weighted by molar-refractivity contribution is 0.126. The van der Waals surface area contributed by atoms with E-state index in [1.807, 2.05) is 0 Å². The zero-order chi connectivity index (χ0) is 27.2. The summed E-state index contributed by atoms with van der Waals surface area (Å²) >= 11 is 0. The van der Waals surface area contributed by atoms with Gasteiger partial charge in [-0.2, -0.15) is 0 Å². The molecule has 5 heteroatoms. The van der Waals surface area contributed by atoms with Gasteiger partial charge in [-0.1, -0.05) is 37.1 Å². The van der Waals surface area contributed by atoms with E-state index in [0.717, 1.165) is 62.0 Å². The van der Waals surface area contributed by atoms with Crippen molar-refractivity contribution in [3.8, 4) is 5.75 Å². The van der Waals surface area contributed by atoms with Crippen LogP contribution in [0.2, 0.25) is 0 Å². The maximum atomic E-state index is 6.28. The van der Waals surface area contributed by atoms with Crippen molar-refractivity contribution in [1.29, 1.82) is 0 Å². The summed E-state index contributed by atoms with van der Waals surface area (Å²) in [6.45, 7) is 17.2. The molecule has 2 heterocycles. The number of anilines is 4. The molecule has 0 aliphatic carbocycles. The Kier molecular flexibility index (Phi) is 9.43. The third kappa shape index (κ3) is 6.55. The number of rotatable bonds is 15. The molecule has 0 fully saturated rings. The summed E-state index contributed by atoms with van der Waals surface area (Å²) < 4.78 is 12.1. The molecule has 2 aromatic carbocycles. The van der Waals surface area contributed by atoms with Crippen molar-refractivity contribution in [3.05, 3.63) is 66.0 Å². The third-order valence-electron chi connectivity index (χ3n) is 7.62. The van der Waals surface area contributed by atoms with Gasteiger partial charge in [0, 0.05) is 39.1 Å². The van der Waals surface area contributed by atoms with E-state index >= 15 is 0 Å². The second kappa shape index (κ2) is 12.8. The van der Waals surface area contributed by atoms with Crippen molar-refractivity contribution >= 4 is 22.7 Å². The number of hydrogen-bond donors (Lipinski definition) is 0. The molecule has 0 amide bonds. The Morgan fingerprint density at radius 3 is 2.24 bits per heavy atom. The second-order valence-electron chi connectivity index (χ2n) is 11.2. The molecule has 0 bridgehead atoms. The molecule has 2 aromatic rings. The highest BCUT2D eigenvalue weighted by Gasteiger charge is 2.32. The van der Waals surface area contributed by atoms with Gasteiger partial charge in [-0.3, -0.25) is 0 Å². The number of nitrogens with zero attached hydrogens (tertiary/aromatic N) is 3. The fourth-order valence-electron chi connectivity index (χ4n) is 5.33. The van der Waals surface area contributed by atoms with Gasteiger partial charge in [0.05, 0.1) is 29.7 Å². The molecule has 0 N–H and O–H groups in total. The Morgan fingerprint density at radius 1 is 0.868 bits per heavy atom. The minimum atomic E-state index is 0.112. The van der Waals surface area contributed by atoms with E-state index in [9.17, 15) is 0 Å². The van der Waals surface area contributed by atoms with Crippen LogP contribution in [0.25, 0.3) is 0 Å². The van der Waals surface area contributed by atoms with E-state index in [0.29, 0.717) is 0 Å². The zero-order valence-electron chi connectivity index (χ0n) is 24.3. The van der Waals surface area contributed by atoms with Crippen LogP contribution in [-0.2, 0) is 17.7 Å². The molecule has 4 rings (SSSR count). The molecular formula is C33H47N3O2. The summed E-state index contributed by atoms with van der Waals surface area (Å²) in [5.41, 5.74) is 8.87. The van der Waals surface area contributed by atoms with E-state index in [-0.39, 0.29) is 6.10 Å². The van der Waals surface area contributed by atoms with Crippen LogP contribution in [0.3, 0.4) is 0 Å². The highest BCUT2D eigenvalue weighted by atomic mass is 16.5. The van der Waals surface area contributed by atoms with Gasteiger partial charge in [0.2, 0.25) is 0 Å². The fourth-order valence-corrected chi connectivity index (χ4v) is 5.33. The molecule has 0 spiro atoms. The standard InChI is InChI=1S/C33H47N3O2/c1-24(2)14-11-13-19-37-18-12-9-8-10-15-27-16-17-29-28(20-27)23-36(29)32-21-30-31(22-33(32)38-25(3)4)35(7)26(5)34(30)6/h16-17,20-22,25H,1,5,8-15,18-19,23H2,2-4,6-7H3. The summed E-state index contributed by atoms with van der Waals surface area (Å²) in [6.07, 6.45) is 9.64. The average Bonchev–Trinajstić information content (AvgIpc) is 3.06. The second-order valence-corrected chi connectivity index (χ2v) is 11.2. The first-order chi connectivity index (χ1) is 18.3. The normalized spacial score (nSPS) is 14.2. The third-order valence-corrected chi connectivity index (χ3v) is 7.62. The number of benzene rings is 2. The van der Waals surface area contributed by atoms with Crippen LogP contribution in [0.1, 0.15) is 76.8 Å². The van der Waals surface area contributed by atoms with Crippen molar-refractivity contribution in [2.45, 2.75) is 84.8 Å². The lowest BCUT2D eigenvalue weighted by Crippen LogP contribution is -2.28. The van der Waals surface area contributed by atoms with Gasteiger partial charge in [-0.15, -0.1) is 6.58 Å². The number of hydrogen-bond acceptors (Lipinski definition) is 5. The predicted molar refractivity (Wildman–Crippen MR) is 162 cm³/mol. The minimum absolute atomic E-state index is 0.112. The quantitative estimate of drug-likeness (QED) is 0.175. The van der Waals surface area contributed by atoms with Crippen molar-refractivity contribution in [2.75, 3.05) is 42.0 Å². The lowest BCUT2D eigenvalue weighted by Gasteiger charge is -2.38. The number of aryl methyl sites for hydroxylation is 1. The number of ether oxygens (including phenoxy) is 2. The van der Waals surface area contributed by atoms with Gasteiger partial charge in [0.25, 0.3) is 0 Å². The minimum Gasteiger partial charge on any atom is -0.489 e. The first kappa shape index (κ1) is 28.1. The molecule has 206 valence electrons. The first-order valence-electron chi connectivity index (χ1n) is 14.4. The SMILES string of the molecule is C=C(C)CCCCOCCCCCCc1ccc2c(c1)CN2c1cc2c(cc1OC(C)C)N(C)C(=C)N2C. The van der Waals surface area contributed by atoms with Gasteiger partial charge in [-0.25, -0.2) is 0 Å². The number of allylic oxidation sites excluding steroid dienone is 1. The van der Waals surface area contributed by atoms with E-state index in [1.54, 1.807) is 0 Å². The summed E-state index contributed by atoms with van der Waals surface area (Å²) in [5.74, 6) is 1.91. The first-order valence-corrected chi connectivity index (χ1v) is 14.4. The Bertz CT molecular complexity index is 1140. The molecule has 2 aliphatic heterocycles. The highest BCUT2D eigenvalue weighted by Crippen LogP contribution is 2.50. The summed E-state index contributed by atoms with van der Waals surface area (Å²) in [7, 11) is 4.14. The van der Waals surface area contributed by atoms with E-state index in [4.69, 9.17) is 9.47 Å². The Hall–Kier alpha value is -2.92. The monoisotopic (exact) mass is 517 g/mol.